The molecule has 29 heavy (non-hydrogen) atoms. The molecule has 0 aliphatic carbocycles. The van der Waals surface area contributed by atoms with E-state index in [9.17, 15) is 9.59 Å². The fraction of sp³-hybridized carbons (Fsp3) is 0.636. The van der Waals surface area contributed by atoms with Gasteiger partial charge in [0.1, 0.15) is 11.8 Å². The summed E-state index contributed by atoms with van der Waals surface area (Å²) < 4.78 is 17.1. The van der Waals surface area contributed by atoms with Crippen LogP contribution in [0.1, 0.15) is 60.1 Å². The topological polar surface area (TPSA) is 65.1 Å². The minimum absolute atomic E-state index is 0.214. The highest BCUT2D eigenvalue weighted by Gasteiger charge is 2.58. The van der Waals surface area contributed by atoms with Gasteiger partial charge in [-0.25, -0.2) is 9.69 Å². The van der Waals surface area contributed by atoms with Crippen molar-refractivity contribution < 1.29 is 23.5 Å². The van der Waals surface area contributed by atoms with E-state index in [-0.39, 0.29) is 12.5 Å². The van der Waals surface area contributed by atoms with Crippen molar-refractivity contribution in [2.45, 2.75) is 77.2 Å². The van der Waals surface area contributed by atoms with Gasteiger partial charge < -0.3 is 13.9 Å². The number of β-lactam (4-membered cyclic amide) rings is 1. The molecule has 1 aromatic rings. The van der Waals surface area contributed by atoms with Crippen LogP contribution in [0.3, 0.4) is 0 Å². The van der Waals surface area contributed by atoms with Crippen LogP contribution in [0.4, 0.5) is 4.79 Å². The lowest BCUT2D eigenvalue weighted by Crippen LogP contribution is -2.66. The van der Waals surface area contributed by atoms with Crippen LogP contribution in [0, 0.1) is 0 Å². The Hall–Kier alpha value is -1.86. The Morgan fingerprint density at radius 2 is 1.55 bits per heavy atom. The fourth-order valence-electron chi connectivity index (χ4n) is 4.73. The van der Waals surface area contributed by atoms with E-state index in [0.29, 0.717) is 16.6 Å². The first-order valence-corrected chi connectivity index (χ1v) is 12.6. The van der Waals surface area contributed by atoms with Gasteiger partial charge in [-0.2, -0.15) is 0 Å². The molecule has 0 unspecified atom stereocenters. The van der Waals surface area contributed by atoms with Gasteiger partial charge in [0.15, 0.2) is 6.10 Å². The quantitative estimate of drug-likeness (QED) is 0.421. The molecule has 6 nitrogen and oxygen atoms in total. The Balaban J connectivity index is 2.44. The van der Waals surface area contributed by atoms with Crippen LogP contribution in [0.15, 0.2) is 24.3 Å². The van der Waals surface area contributed by atoms with Crippen LogP contribution in [-0.2, 0) is 14.0 Å². The first-order valence-electron chi connectivity index (χ1n) is 10.4. The van der Waals surface area contributed by atoms with Crippen LogP contribution < -0.4 is 4.74 Å². The van der Waals surface area contributed by atoms with Crippen molar-refractivity contribution >= 4 is 20.3 Å². The van der Waals surface area contributed by atoms with Crippen molar-refractivity contribution in [1.82, 2.24) is 4.90 Å². The minimum Gasteiger partial charge on any atom is -0.497 e. The molecule has 1 aromatic carbocycles. The van der Waals surface area contributed by atoms with Gasteiger partial charge in [-0.3, -0.25) is 4.79 Å². The Bertz CT molecular complexity index is 695. The lowest BCUT2D eigenvalue weighted by atomic mass is 9.91. The van der Waals surface area contributed by atoms with E-state index in [1.807, 2.05) is 24.3 Å². The maximum Gasteiger partial charge on any atom is 0.417 e. The molecule has 1 heterocycles. The van der Waals surface area contributed by atoms with Crippen molar-refractivity contribution in [3.8, 4) is 5.75 Å². The molecule has 0 aromatic heterocycles. The van der Waals surface area contributed by atoms with Crippen molar-refractivity contribution in [1.29, 1.82) is 0 Å². The maximum absolute atomic E-state index is 13.0. The van der Waals surface area contributed by atoms with Crippen molar-refractivity contribution in [3.05, 3.63) is 29.8 Å². The van der Waals surface area contributed by atoms with Crippen LogP contribution in [-0.4, -0.2) is 45.0 Å². The van der Waals surface area contributed by atoms with Gasteiger partial charge in [0, 0.05) is 0 Å². The Kier molecular flexibility index (Phi) is 7.51. The predicted molar refractivity (Wildman–Crippen MR) is 116 cm³/mol. The van der Waals surface area contributed by atoms with Gasteiger partial charge in [0.05, 0.1) is 13.7 Å². The van der Waals surface area contributed by atoms with E-state index in [1.54, 1.807) is 14.0 Å². The number of nitrogens with zero attached hydrogens (tertiary/aromatic N) is 1. The summed E-state index contributed by atoms with van der Waals surface area (Å²) in [7, 11) is -0.698. The third kappa shape index (κ3) is 4.21. The summed E-state index contributed by atoms with van der Waals surface area (Å²) >= 11 is 0. The first-order chi connectivity index (χ1) is 13.6. The van der Waals surface area contributed by atoms with E-state index < -0.39 is 26.6 Å². The standard InChI is InChI=1S/C22H35NO5Si/c1-9-27-22(25)23-19(17-10-12-18(26-8)13-11-17)20(21(23)24)28-29(14(2)3,15(4)5)16(6)7/h10-16,19-20H,9H2,1-8H3/t19-,20+/m0/s1. The van der Waals surface area contributed by atoms with E-state index in [0.717, 1.165) is 11.3 Å². The lowest BCUT2D eigenvalue weighted by molar-refractivity contribution is -0.161. The van der Waals surface area contributed by atoms with Crippen molar-refractivity contribution in [3.63, 3.8) is 0 Å². The van der Waals surface area contributed by atoms with Crippen LogP contribution in [0.25, 0.3) is 0 Å². The summed E-state index contributed by atoms with van der Waals surface area (Å²) in [5.74, 6) is 0.401. The summed E-state index contributed by atoms with van der Waals surface area (Å²) in [6.07, 6.45) is -1.30. The van der Waals surface area contributed by atoms with Crippen LogP contribution >= 0.6 is 0 Å². The van der Waals surface area contributed by atoms with E-state index in [4.69, 9.17) is 13.9 Å². The third-order valence-corrected chi connectivity index (χ3v) is 12.1. The van der Waals surface area contributed by atoms with Gasteiger partial charge in [-0.15, -0.1) is 0 Å². The van der Waals surface area contributed by atoms with Crippen LogP contribution in [0.2, 0.25) is 16.6 Å². The highest BCUT2D eigenvalue weighted by molar-refractivity contribution is 6.77. The number of carbonyl (C=O) groups is 2. The second-order valence-electron chi connectivity index (χ2n) is 8.48. The number of carbonyl (C=O) groups excluding carboxylic acids is 2. The van der Waals surface area contributed by atoms with Gasteiger partial charge in [-0.1, -0.05) is 53.7 Å². The smallest absolute Gasteiger partial charge is 0.417 e. The molecule has 2 rings (SSSR count). The number of amides is 2. The Morgan fingerprint density at radius 3 is 1.97 bits per heavy atom. The van der Waals surface area contributed by atoms with Crippen LogP contribution in [0.5, 0.6) is 5.75 Å². The first kappa shape index (κ1) is 23.4. The molecule has 0 saturated carbocycles. The summed E-state index contributed by atoms with van der Waals surface area (Å²) in [6.45, 7) is 15.0. The zero-order valence-electron chi connectivity index (χ0n) is 18.9. The second kappa shape index (κ2) is 9.30. The molecule has 0 N–H and O–H groups in total. The molecule has 1 aliphatic rings. The summed E-state index contributed by atoms with van der Waals surface area (Å²) in [5, 5.41) is 0. The molecule has 1 saturated heterocycles. The molecule has 1 aliphatic heterocycles. The average molecular weight is 422 g/mol. The fourth-order valence-corrected chi connectivity index (χ4v) is 10.2. The molecule has 2 atom stereocenters. The monoisotopic (exact) mass is 421 g/mol. The largest absolute Gasteiger partial charge is 0.497 e. The van der Waals surface area contributed by atoms with Gasteiger partial charge in [0.25, 0.3) is 5.91 Å². The maximum atomic E-state index is 13.0. The van der Waals surface area contributed by atoms with E-state index in [1.165, 1.54) is 4.90 Å². The third-order valence-electron chi connectivity index (χ3n) is 6.01. The summed E-state index contributed by atoms with van der Waals surface area (Å²) in [6, 6.07) is 6.92. The zero-order valence-corrected chi connectivity index (χ0v) is 19.9. The van der Waals surface area contributed by atoms with Gasteiger partial charge in [-0.05, 0) is 41.2 Å². The molecule has 7 heteroatoms. The molecule has 0 spiro atoms. The number of hydrogen-bond acceptors (Lipinski definition) is 5. The molecule has 162 valence electrons. The minimum atomic E-state index is -2.30. The second-order valence-corrected chi connectivity index (χ2v) is 13.9. The van der Waals surface area contributed by atoms with Crippen molar-refractivity contribution in [2.24, 2.45) is 0 Å². The number of rotatable bonds is 8. The van der Waals surface area contributed by atoms with E-state index >= 15 is 0 Å². The Labute approximate surface area is 175 Å². The van der Waals surface area contributed by atoms with Gasteiger partial charge in [0.2, 0.25) is 8.32 Å². The molecular weight excluding hydrogens is 386 g/mol. The number of benzene rings is 1. The molecule has 1 fully saturated rings. The molecule has 0 radical (unpaired) electrons. The highest BCUT2D eigenvalue weighted by atomic mass is 28.4. The van der Waals surface area contributed by atoms with E-state index in [2.05, 4.69) is 41.5 Å². The summed E-state index contributed by atoms with van der Waals surface area (Å²) in [4.78, 5) is 26.7. The molecule has 2 amide bonds. The number of ether oxygens (including phenoxy) is 2. The SMILES string of the molecule is CCOC(=O)N1C(=O)[C@H](O[Si](C(C)C)(C(C)C)C(C)C)[C@@H]1c1ccc(OC)cc1. The highest BCUT2D eigenvalue weighted by Crippen LogP contribution is 2.48. The average Bonchev–Trinajstić information content (AvgIpc) is 2.65. The number of methoxy groups -OCH3 is 1. The molecule has 0 bridgehead atoms. The molecular formula is C22H35NO5Si. The number of imide groups is 1. The van der Waals surface area contributed by atoms with Crippen molar-refractivity contribution in [2.75, 3.05) is 13.7 Å². The zero-order chi connectivity index (χ0) is 21.9. The predicted octanol–water partition coefficient (Wildman–Crippen LogP) is 5.30. The lowest BCUT2D eigenvalue weighted by Gasteiger charge is -2.51. The van der Waals surface area contributed by atoms with Gasteiger partial charge >= 0.3 is 6.09 Å². The Morgan fingerprint density at radius 1 is 1.03 bits per heavy atom. The summed E-state index contributed by atoms with van der Waals surface area (Å²) in [5.41, 5.74) is 1.85. The normalized spacial score (nSPS) is 19.7. The number of hydrogen-bond donors (Lipinski definition) is 0. The number of likely N-dealkylation sites (tertiary alicyclic amines) is 1.